The first-order chi connectivity index (χ1) is 14.7. The lowest BCUT2D eigenvalue weighted by atomic mass is 10.0. The van der Waals surface area contributed by atoms with Crippen molar-refractivity contribution in [3.63, 3.8) is 0 Å². The molecule has 1 N–H and O–H groups in total. The molecule has 30 heavy (non-hydrogen) atoms. The molecule has 0 saturated carbocycles. The van der Waals surface area contributed by atoms with Gasteiger partial charge in [-0.3, -0.25) is 0 Å². The van der Waals surface area contributed by atoms with E-state index in [1.165, 1.54) is 23.1 Å². The van der Waals surface area contributed by atoms with E-state index in [1.54, 1.807) is 0 Å². The second-order valence-corrected chi connectivity index (χ2v) is 8.46. The highest BCUT2D eigenvalue weighted by molar-refractivity contribution is 7.99. The second kappa shape index (κ2) is 8.95. The zero-order chi connectivity index (χ0) is 20.9. The van der Waals surface area contributed by atoms with Gasteiger partial charge in [0.15, 0.2) is 0 Å². The predicted octanol–water partition coefficient (Wildman–Crippen LogP) is 6.53. The molecule has 0 bridgehead atoms. The Morgan fingerprint density at radius 1 is 1.03 bits per heavy atom. The van der Waals surface area contributed by atoms with Gasteiger partial charge in [0, 0.05) is 5.56 Å². The highest BCUT2D eigenvalue weighted by Crippen LogP contribution is 2.41. The number of hydrogen-bond donors (Lipinski definition) is 1. The van der Waals surface area contributed by atoms with E-state index in [4.69, 9.17) is 0 Å². The number of pyridine rings is 1. The minimum Gasteiger partial charge on any atom is -0.478 e. The molecule has 146 valence electrons. The van der Waals surface area contributed by atoms with Gasteiger partial charge in [-0.15, -0.1) is 11.3 Å². The van der Waals surface area contributed by atoms with Crippen molar-refractivity contribution >= 4 is 29.1 Å². The van der Waals surface area contributed by atoms with E-state index in [0.717, 1.165) is 16.0 Å². The molecule has 4 nitrogen and oxygen atoms in total. The summed E-state index contributed by atoms with van der Waals surface area (Å²) in [6.45, 7) is 0. The topological polar surface area (TPSA) is 74.0 Å². The molecule has 0 aliphatic heterocycles. The van der Waals surface area contributed by atoms with Gasteiger partial charge in [0.25, 0.3) is 0 Å². The van der Waals surface area contributed by atoms with E-state index < -0.39 is 11.2 Å². The van der Waals surface area contributed by atoms with Crippen molar-refractivity contribution in [3.05, 3.63) is 95.4 Å². The van der Waals surface area contributed by atoms with Crippen LogP contribution in [0.25, 0.3) is 21.7 Å². The molecule has 4 rings (SSSR count). The van der Waals surface area contributed by atoms with Gasteiger partial charge >= 0.3 is 5.97 Å². The summed E-state index contributed by atoms with van der Waals surface area (Å²) in [4.78, 5) is 17.9. The van der Waals surface area contributed by atoms with Gasteiger partial charge in [-0.1, -0.05) is 78.5 Å². The number of benzene rings is 2. The Bertz CT molecular complexity index is 1200. The van der Waals surface area contributed by atoms with Crippen molar-refractivity contribution in [2.45, 2.75) is 10.3 Å². The van der Waals surface area contributed by atoms with Crippen LogP contribution in [0.2, 0.25) is 0 Å². The summed E-state index contributed by atoms with van der Waals surface area (Å²) in [6, 6.07) is 26.7. The summed E-state index contributed by atoms with van der Waals surface area (Å²) in [7, 11) is 0. The Morgan fingerprint density at radius 3 is 2.33 bits per heavy atom. The number of carboxylic acid groups (broad SMARTS) is 1. The monoisotopic (exact) mass is 428 g/mol. The molecule has 2 aromatic carbocycles. The molecule has 0 aliphatic carbocycles. The average Bonchev–Trinajstić information content (AvgIpc) is 3.33. The SMILES string of the molecule is N#CC(Sc1nc(-c2cccs2)cc(-c2ccccc2)c1C(=O)O)c1ccccc1. The van der Waals surface area contributed by atoms with E-state index in [2.05, 4.69) is 11.1 Å². The van der Waals surface area contributed by atoms with Crippen molar-refractivity contribution < 1.29 is 9.90 Å². The molecule has 2 heterocycles. The van der Waals surface area contributed by atoms with Gasteiger partial charge in [-0.05, 0) is 28.6 Å². The third-order valence-corrected chi connectivity index (χ3v) is 6.53. The fraction of sp³-hybridized carbons (Fsp3) is 0.0417. The summed E-state index contributed by atoms with van der Waals surface area (Å²) in [5, 5.41) is 21.5. The lowest BCUT2D eigenvalue weighted by Gasteiger charge is -2.15. The Morgan fingerprint density at radius 2 is 1.73 bits per heavy atom. The molecule has 1 unspecified atom stereocenters. The van der Waals surface area contributed by atoms with Gasteiger partial charge in [-0.2, -0.15) is 5.26 Å². The van der Waals surface area contributed by atoms with Crippen LogP contribution in [-0.2, 0) is 0 Å². The zero-order valence-electron chi connectivity index (χ0n) is 15.7. The molecule has 0 saturated heterocycles. The normalized spacial score (nSPS) is 11.6. The summed E-state index contributed by atoms with van der Waals surface area (Å²) in [6.07, 6.45) is 0. The first-order valence-electron chi connectivity index (χ1n) is 9.16. The minimum atomic E-state index is -1.06. The number of thiophene rings is 1. The maximum atomic E-state index is 12.3. The fourth-order valence-corrected chi connectivity index (χ4v) is 4.84. The maximum absolute atomic E-state index is 12.3. The van der Waals surface area contributed by atoms with Gasteiger partial charge in [0.1, 0.15) is 10.3 Å². The molecule has 6 heteroatoms. The second-order valence-electron chi connectivity index (χ2n) is 6.42. The van der Waals surface area contributed by atoms with E-state index in [0.29, 0.717) is 16.3 Å². The molecule has 0 aliphatic rings. The Balaban J connectivity index is 1.91. The molecular weight excluding hydrogens is 412 g/mol. The predicted molar refractivity (Wildman–Crippen MR) is 121 cm³/mol. The van der Waals surface area contributed by atoms with Crippen LogP contribution in [-0.4, -0.2) is 16.1 Å². The lowest BCUT2D eigenvalue weighted by molar-refractivity contribution is 0.0693. The van der Waals surface area contributed by atoms with E-state index in [-0.39, 0.29) is 5.56 Å². The standard InChI is InChI=1S/C24H16N2O2S2/c25-15-21(17-10-5-2-6-11-17)30-23-22(24(27)28)18(16-8-3-1-4-9-16)14-19(26-23)20-12-7-13-29-20/h1-14,21H,(H,27,28). The molecule has 2 aromatic heterocycles. The van der Waals surface area contributed by atoms with Gasteiger partial charge in [0.05, 0.1) is 22.2 Å². The van der Waals surface area contributed by atoms with E-state index in [9.17, 15) is 15.2 Å². The number of nitrogens with zero attached hydrogens (tertiary/aromatic N) is 2. The van der Waals surface area contributed by atoms with Crippen LogP contribution in [0, 0.1) is 11.3 Å². The van der Waals surface area contributed by atoms with Crippen molar-refractivity contribution in [2.24, 2.45) is 0 Å². The largest absolute Gasteiger partial charge is 0.478 e. The fourth-order valence-electron chi connectivity index (χ4n) is 3.12. The number of thioether (sulfide) groups is 1. The highest BCUT2D eigenvalue weighted by Gasteiger charge is 2.24. The van der Waals surface area contributed by atoms with Gasteiger partial charge < -0.3 is 5.11 Å². The molecule has 0 spiro atoms. The van der Waals surface area contributed by atoms with Crippen LogP contribution in [0.5, 0.6) is 0 Å². The number of nitriles is 1. The first kappa shape index (κ1) is 19.9. The van der Waals surface area contributed by atoms with E-state index >= 15 is 0 Å². The van der Waals surface area contributed by atoms with Gasteiger partial charge in [0.2, 0.25) is 0 Å². The van der Waals surface area contributed by atoms with Crippen LogP contribution in [0.4, 0.5) is 0 Å². The average molecular weight is 429 g/mol. The minimum absolute atomic E-state index is 0.114. The number of hydrogen-bond acceptors (Lipinski definition) is 5. The summed E-state index contributed by atoms with van der Waals surface area (Å²) >= 11 is 2.71. The summed E-state index contributed by atoms with van der Waals surface area (Å²) in [5.41, 5.74) is 3.01. The molecule has 0 radical (unpaired) electrons. The third kappa shape index (κ3) is 4.13. The number of carbonyl (C=O) groups is 1. The highest BCUT2D eigenvalue weighted by atomic mass is 32.2. The van der Waals surface area contributed by atoms with Crippen molar-refractivity contribution in [1.29, 1.82) is 5.26 Å². The molecule has 4 aromatic rings. The number of carboxylic acids is 1. The van der Waals surface area contributed by atoms with Crippen LogP contribution >= 0.6 is 23.1 Å². The van der Waals surface area contributed by atoms with Crippen molar-refractivity contribution in [2.75, 3.05) is 0 Å². The summed E-state index contributed by atoms with van der Waals surface area (Å²) in [5.74, 6) is -1.06. The smallest absolute Gasteiger partial charge is 0.339 e. The van der Waals surface area contributed by atoms with Crippen molar-refractivity contribution in [3.8, 4) is 27.8 Å². The van der Waals surface area contributed by atoms with Crippen LogP contribution in [0.1, 0.15) is 21.2 Å². The molecular formula is C24H16N2O2S2. The van der Waals surface area contributed by atoms with Crippen LogP contribution in [0.3, 0.4) is 0 Å². The summed E-state index contributed by atoms with van der Waals surface area (Å²) < 4.78 is 0. The van der Waals surface area contributed by atoms with Gasteiger partial charge in [-0.25, -0.2) is 9.78 Å². The first-order valence-corrected chi connectivity index (χ1v) is 10.9. The number of aromatic carboxylic acids is 1. The van der Waals surface area contributed by atoms with E-state index in [1.807, 2.05) is 84.2 Å². The Kier molecular flexibility index (Phi) is 5.94. The van der Waals surface area contributed by atoms with Crippen LogP contribution < -0.4 is 0 Å². The Labute approximate surface area is 182 Å². The van der Waals surface area contributed by atoms with Crippen molar-refractivity contribution in [1.82, 2.24) is 4.98 Å². The lowest BCUT2D eigenvalue weighted by Crippen LogP contribution is -2.06. The molecule has 1 atom stereocenters. The quantitative estimate of drug-likeness (QED) is 0.353. The third-order valence-electron chi connectivity index (χ3n) is 4.51. The molecule has 0 amide bonds. The number of aromatic nitrogens is 1. The zero-order valence-corrected chi connectivity index (χ0v) is 17.4. The molecule has 0 fully saturated rings. The van der Waals surface area contributed by atoms with Crippen LogP contribution in [0.15, 0.2) is 89.3 Å². The Hall–Kier alpha value is -3.40. The number of rotatable bonds is 6. The maximum Gasteiger partial charge on any atom is 0.339 e.